The Morgan fingerprint density at radius 2 is 1.45 bits per heavy atom. The van der Waals surface area contributed by atoms with Gasteiger partial charge in [-0.3, -0.25) is 0 Å². The number of ether oxygens (including phenoxy) is 1. The van der Waals surface area contributed by atoms with Gasteiger partial charge < -0.3 is 29.6 Å². The fourth-order valence-electron chi connectivity index (χ4n) is 3.39. The molecule has 0 aliphatic carbocycles. The molecule has 2 heterocycles. The van der Waals surface area contributed by atoms with Gasteiger partial charge in [-0.25, -0.2) is 0 Å². The highest BCUT2D eigenvalue weighted by molar-refractivity contribution is 5.55. The van der Waals surface area contributed by atoms with Crippen LogP contribution in [0.5, 0.6) is 0 Å². The average molecular weight is 422 g/mol. The Morgan fingerprint density at radius 3 is 2.00 bits per heavy atom. The molecule has 8 heteroatoms. The number of aliphatic hydroxyl groups is 4. The summed E-state index contributed by atoms with van der Waals surface area (Å²) in [6, 6.07) is 14.5. The van der Waals surface area contributed by atoms with Gasteiger partial charge in [0.2, 0.25) is 11.8 Å². The van der Waals surface area contributed by atoms with E-state index in [-0.39, 0.29) is 0 Å². The Bertz CT molecular complexity index is 1080. The average Bonchev–Trinajstić information content (AvgIpc) is 3.23. The molecule has 0 saturated carbocycles. The SMILES string of the molecule is Cc1nnc(-c2ccc(C#Cc3ccc([C@H]4O[C@H](CO)[C@@H](O)[C@H](O)[C@@H]4O)cc3)cc2)o1. The lowest BCUT2D eigenvalue weighted by Crippen LogP contribution is -2.55. The molecule has 160 valence electrons. The second-order valence-electron chi connectivity index (χ2n) is 7.33. The van der Waals surface area contributed by atoms with E-state index in [9.17, 15) is 20.4 Å². The molecule has 1 aliphatic rings. The number of rotatable bonds is 3. The molecule has 4 rings (SSSR count). The summed E-state index contributed by atoms with van der Waals surface area (Å²) >= 11 is 0. The Hall–Kier alpha value is -3.06. The lowest BCUT2D eigenvalue weighted by Gasteiger charge is -2.40. The summed E-state index contributed by atoms with van der Waals surface area (Å²) in [5, 5.41) is 47.2. The summed E-state index contributed by atoms with van der Waals surface area (Å²) in [6.45, 7) is 1.27. The van der Waals surface area contributed by atoms with Crippen molar-refractivity contribution in [2.75, 3.05) is 6.61 Å². The van der Waals surface area contributed by atoms with Crippen LogP contribution in [0.4, 0.5) is 0 Å². The fourth-order valence-corrected chi connectivity index (χ4v) is 3.39. The first kappa shape index (κ1) is 21.2. The second kappa shape index (κ2) is 8.98. The zero-order chi connectivity index (χ0) is 22.0. The lowest BCUT2D eigenvalue weighted by molar-refractivity contribution is -0.231. The van der Waals surface area contributed by atoms with E-state index in [0.717, 1.165) is 16.7 Å². The van der Waals surface area contributed by atoms with Crippen molar-refractivity contribution < 1.29 is 29.6 Å². The molecule has 1 fully saturated rings. The van der Waals surface area contributed by atoms with E-state index in [0.29, 0.717) is 17.3 Å². The maximum atomic E-state index is 10.2. The summed E-state index contributed by atoms with van der Waals surface area (Å²) in [5.41, 5.74) is 3.00. The lowest BCUT2D eigenvalue weighted by atomic mass is 9.91. The van der Waals surface area contributed by atoms with Gasteiger partial charge >= 0.3 is 0 Å². The summed E-state index contributed by atoms with van der Waals surface area (Å²) in [6.07, 6.45) is -5.90. The van der Waals surface area contributed by atoms with E-state index < -0.39 is 37.1 Å². The zero-order valence-electron chi connectivity index (χ0n) is 16.7. The molecule has 1 saturated heterocycles. The second-order valence-corrected chi connectivity index (χ2v) is 7.33. The summed E-state index contributed by atoms with van der Waals surface area (Å²) in [5.74, 6) is 7.11. The van der Waals surface area contributed by atoms with E-state index in [4.69, 9.17) is 9.15 Å². The van der Waals surface area contributed by atoms with Crippen LogP contribution in [-0.2, 0) is 4.74 Å². The van der Waals surface area contributed by atoms with Crippen LogP contribution < -0.4 is 0 Å². The molecular formula is C23H22N2O6. The quantitative estimate of drug-likeness (QED) is 0.460. The Morgan fingerprint density at radius 1 is 0.839 bits per heavy atom. The largest absolute Gasteiger partial charge is 0.421 e. The third-order valence-electron chi connectivity index (χ3n) is 5.14. The topological polar surface area (TPSA) is 129 Å². The maximum Gasteiger partial charge on any atom is 0.247 e. The summed E-state index contributed by atoms with van der Waals surface area (Å²) in [4.78, 5) is 0. The summed E-state index contributed by atoms with van der Waals surface area (Å²) in [7, 11) is 0. The smallest absolute Gasteiger partial charge is 0.247 e. The highest BCUT2D eigenvalue weighted by Gasteiger charge is 2.43. The molecule has 0 bridgehead atoms. The first-order valence-corrected chi connectivity index (χ1v) is 9.79. The van der Waals surface area contributed by atoms with Crippen molar-refractivity contribution in [2.45, 2.75) is 37.4 Å². The molecule has 1 aromatic heterocycles. The molecule has 8 nitrogen and oxygen atoms in total. The molecular weight excluding hydrogens is 400 g/mol. The van der Waals surface area contributed by atoms with Crippen LogP contribution in [-0.4, -0.2) is 61.6 Å². The van der Waals surface area contributed by atoms with Gasteiger partial charge in [0, 0.05) is 23.6 Å². The van der Waals surface area contributed by atoms with Crippen molar-refractivity contribution >= 4 is 0 Å². The number of nitrogens with zero attached hydrogens (tertiary/aromatic N) is 2. The minimum absolute atomic E-state index is 0.459. The maximum absolute atomic E-state index is 10.2. The molecule has 0 amide bonds. The van der Waals surface area contributed by atoms with E-state index in [1.54, 1.807) is 31.2 Å². The van der Waals surface area contributed by atoms with E-state index in [2.05, 4.69) is 22.0 Å². The normalized spacial score (nSPS) is 25.6. The predicted molar refractivity (Wildman–Crippen MR) is 110 cm³/mol. The first-order chi connectivity index (χ1) is 15.0. The molecule has 2 aromatic carbocycles. The van der Waals surface area contributed by atoms with Gasteiger partial charge in [0.05, 0.1) is 6.61 Å². The Kier molecular flexibility index (Phi) is 6.13. The van der Waals surface area contributed by atoms with Gasteiger partial charge in [-0.2, -0.15) is 0 Å². The molecule has 0 spiro atoms. The number of aliphatic hydroxyl groups excluding tert-OH is 4. The number of hydrogen-bond donors (Lipinski definition) is 4. The van der Waals surface area contributed by atoms with Crippen LogP contribution in [0.1, 0.15) is 28.7 Å². The molecule has 0 radical (unpaired) electrons. The third-order valence-corrected chi connectivity index (χ3v) is 5.14. The van der Waals surface area contributed by atoms with Crippen molar-refractivity contribution in [1.82, 2.24) is 10.2 Å². The van der Waals surface area contributed by atoms with Crippen LogP contribution in [0, 0.1) is 18.8 Å². The first-order valence-electron chi connectivity index (χ1n) is 9.79. The highest BCUT2D eigenvalue weighted by Crippen LogP contribution is 2.32. The number of benzene rings is 2. The predicted octanol–water partition coefficient (Wildman–Crippen LogP) is 0.960. The minimum Gasteiger partial charge on any atom is -0.421 e. The van der Waals surface area contributed by atoms with E-state index >= 15 is 0 Å². The van der Waals surface area contributed by atoms with Crippen LogP contribution in [0.3, 0.4) is 0 Å². The van der Waals surface area contributed by atoms with Crippen LogP contribution in [0.25, 0.3) is 11.5 Å². The number of hydrogen-bond acceptors (Lipinski definition) is 8. The Balaban J connectivity index is 1.46. The molecule has 5 atom stereocenters. The monoisotopic (exact) mass is 422 g/mol. The molecule has 4 N–H and O–H groups in total. The minimum atomic E-state index is -1.41. The van der Waals surface area contributed by atoms with E-state index in [1.165, 1.54) is 0 Å². The van der Waals surface area contributed by atoms with Gasteiger partial charge in [-0.05, 0) is 42.0 Å². The molecule has 0 unspecified atom stereocenters. The van der Waals surface area contributed by atoms with Crippen LogP contribution in [0.15, 0.2) is 52.9 Å². The third kappa shape index (κ3) is 4.51. The van der Waals surface area contributed by atoms with Crippen molar-refractivity contribution in [3.63, 3.8) is 0 Å². The van der Waals surface area contributed by atoms with Crippen molar-refractivity contribution in [3.05, 3.63) is 71.1 Å². The van der Waals surface area contributed by atoms with Crippen LogP contribution in [0.2, 0.25) is 0 Å². The van der Waals surface area contributed by atoms with Crippen molar-refractivity contribution in [1.29, 1.82) is 0 Å². The highest BCUT2D eigenvalue weighted by atomic mass is 16.5. The number of aromatic nitrogens is 2. The van der Waals surface area contributed by atoms with Crippen molar-refractivity contribution in [3.8, 4) is 23.3 Å². The molecule has 3 aromatic rings. The van der Waals surface area contributed by atoms with Crippen molar-refractivity contribution in [2.24, 2.45) is 0 Å². The Labute approximate surface area is 178 Å². The van der Waals surface area contributed by atoms with Gasteiger partial charge in [-0.1, -0.05) is 24.0 Å². The molecule has 31 heavy (non-hydrogen) atoms. The standard InChI is InChI=1S/C23H22N2O6/c1-13-24-25-23(30-13)17-10-6-15(7-11-17)3-2-14-4-8-16(9-5-14)22-21(29)20(28)19(27)18(12-26)31-22/h4-11,18-22,26-29H,12H2,1H3/t18-,19-,20+,21+,22-/m1/s1. The number of aryl methyl sites for hydroxylation is 1. The molecule has 1 aliphatic heterocycles. The zero-order valence-corrected chi connectivity index (χ0v) is 16.7. The fraction of sp³-hybridized carbons (Fsp3) is 0.304. The van der Waals surface area contributed by atoms with Crippen LogP contribution >= 0.6 is 0 Å². The van der Waals surface area contributed by atoms with Gasteiger partial charge in [0.25, 0.3) is 0 Å². The van der Waals surface area contributed by atoms with E-state index in [1.807, 2.05) is 24.3 Å². The summed E-state index contributed by atoms with van der Waals surface area (Å²) < 4.78 is 11.0. The van der Waals surface area contributed by atoms with Gasteiger partial charge in [-0.15, -0.1) is 10.2 Å². The van der Waals surface area contributed by atoms with Gasteiger partial charge in [0.15, 0.2) is 0 Å². The van der Waals surface area contributed by atoms with Gasteiger partial charge in [0.1, 0.15) is 30.5 Å².